The quantitative estimate of drug-likeness (QED) is 0.689. The predicted molar refractivity (Wildman–Crippen MR) is 82.1 cm³/mol. The first-order valence-corrected chi connectivity index (χ1v) is 6.69. The van der Waals surface area contributed by atoms with Gasteiger partial charge in [0.2, 0.25) is 0 Å². The van der Waals surface area contributed by atoms with Crippen molar-refractivity contribution in [2.24, 2.45) is 5.41 Å². The van der Waals surface area contributed by atoms with Crippen molar-refractivity contribution in [3.63, 3.8) is 0 Å². The van der Waals surface area contributed by atoms with Gasteiger partial charge < -0.3 is 0 Å². The van der Waals surface area contributed by atoms with Crippen LogP contribution in [0.2, 0.25) is 0 Å². The summed E-state index contributed by atoms with van der Waals surface area (Å²) in [5.74, 6) is -0.176. The third kappa shape index (κ3) is 3.26. The summed E-state index contributed by atoms with van der Waals surface area (Å²) in [7, 11) is 0. The van der Waals surface area contributed by atoms with Gasteiger partial charge in [0.15, 0.2) is 5.78 Å². The first-order valence-electron chi connectivity index (χ1n) is 6.69. The van der Waals surface area contributed by atoms with Crippen LogP contribution >= 0.6 is 0 Å². The Kier molecular flexibility index (Phi) is 4.04. The number of hydrogen-bond acceptors (Lipinski definition) is 3. The van der Waals surface area contributed by atoms with E-state index in [4.69, 9.17) is 0 Å². The summed E-state index contributed by atoms with van der Waals surface area (Å²) >= 11 is 0. The SMILES string of the molecule is CC(C)(C)C(=O)/C(C#N)=C/c1cn[nH]c1-c1ccccc1. The Balaban J connectivity index is 2.45. The first-order chi connectivity index (χ1) is 9.93. The minimum absolute atomic E-state index is 0.140. The Hall–Kier alpha value is -2.67. The monoisotopic (exact) mass is 279 g/mol. The number of hydrogen-bond donors (Lipinski definition) is 1. The number of allylic oxidation sites excluding steroid dienone is 1. The summed E-state index contributed by atoms with van der Waals surface area (Å²) in [5.41, 5.74) is 2.04. The summed E-state index contributed by atoms with van der Waals surface area (Å²) < 4.78 is 0. The van der Waals surface area contributed by atoms with Crippen LogP contribution in [0.1, 0.15) is 26.3 Å². The summed E-state index contributed by atoms with van der Waals surface area (Å²) in [6.07, 6.45) is 3.22. The fourth-order valence-electron chi connectivity index (χ4n) is 1.95. The van der Waals surface area contributed by atoms with Crippen molar-refractivity contribution < 1.29 is 4.79 Å². The number of ketones is 1. The number of nitrogens with zero attached hydrogens (tertiary/aromatic N) is 2. The molecule has 21 heavy (non-hydrogen) atoms. The normalized spacial score (nSPS) is 12.0. The zero-order chi connectivity index (χ0) is 15.5. The van der Waals surface area contributed by atoms with E-state index in [0.717, 1.165) is 16.8 Å². The number of Topliss-reactive ketones (excluding diaryl/α,β-unsaturated/α-hetero) is 1. The summed E-state index contributed by atoms with van der Waals surface area (Å²) in [6, 6.07) is 11.7. The van der Waals surface area contributed by atoms with Crippen molar-refractivity contribution in [2.45, 2.75) is 20.8 Å². The van der Waals surface area contributed by atoms with Crippen molar-refractivity contribution in [1.29, 1.82) is 5.26 Å². The number of aromatic nitrogens is 2. The first kappa shape index (κ1) is 14.7. The minimum Gasteiger partial charge on any atom is -0.293 e. The third-order valence-corrected chi connectivity index (χ3v) is 3.08. The van der Waals surface area contributed by atoms with Crippen molar-refractivity contribution in [3.05, 3.63) is 47.7 Å². The standard InChI is InChI=1S/C17H17N3O/c1-17(2,3)16(21)13(10-18)9-14-11-19-20-15(14)12-7-5-4-6-8-12/h4-9,11H,1-3H3,(H,19,20)/b13-9+. The average molecular weight is 279 g/mol. The van der Waals surface area contributed by atoms with Crippen molar-refractivity contribution >= 4 is 11.9 Å². The highest BCUT2D eigenvalue weighted by molar-refractivity contribution is 6.06. The molecule has 0 fully saturated rings. The highest BCUT2D eigenvalue weighted by Gasteiger charge is 2.25. The van der Waals surface area contributed by atoms with Crippen molar-refractivity contribution in [3.8, 4) is 17.3 Å². The number of carbonyl (C=O) groups excluding carboxylic acids is 1. The molecule has 0 atom stereocenters. The van der Waals surface area contributed by atoms with Gasteiger partial charge in [-0.25, -0.2) is 0 Å². The molecule has 1 aromatic carbocycles. The molecular formula is C17H17N3O. The van der Waals surface area contributed by atoms with Gasteiger partial charge in [0.1, 0.15) is 6.07 Å². The number of nitrogens with one attached hydrogen (secondary N) is 1. The largest absolute Gasteiger partial charge is 0.293 e. The maximum Gasteiger partial charge on any atom is 0.178 e. The molecule has 4 heteroatoms. The van der Waals surface area contributed by atoms with Gasteiger partial charge >= 0.3 is 0 Å². The molecule has 2 aromatic rings. The second-order valence-corrected chi connectivity index (χ2v) is 5.82. The molecule has 0 aliphatic heterocycles. The molecule has 0 aliphatic rings. The molecule has 0 amide bonds. The lowest BCUT2D eigenvalue weighted by Gasteiger charge is -2.15. The number of carbonyl (C=O) groups is 1. The zero-order valence-electron chi connectivity index (χ0n) is 12.3. The summed E-state index contributed by atoms with van der Waals surface area (Å²) in [6.45, 7) is 5.40. The molecule has 1 aromatic heterocycles. The van der Waals surface area contributed by atoms with Gasteiger partial charge in [-0.05, 0) is 6.08 Å². The van der Waals surface area contributed by atoms with E-state index in [1.807, 2.05) is 36.4 Å². The maximum absolute atomic E-state index is 12.2. The Morgan fingerprint density at radius 1 is 1.29 bits per heavy atom. The van der Waals surface area contributed by atoms with E-state index in [9.17, 15) is 10.1 Å². The van der Waals surface area contributed by atoms with E-state index in [1.165, 1.54) is 0 Å². The second kappa shape index (κ2) is 5.76. The number of rotatable bonds is 3. The van der Waals surface area contributed by atoms with Crippen molar-refractivity contribution in [1.82, 2.24) is 10.2 Å². The molecule has 0 unspecified atom stereocenters. The van der Waals surface area contributed by atoms with Crippen LogP contribution < -0.4 is 0 Å². The topological polar surface area (TPSA) is 69.5 Å². The smallest absolute Gasteiger partial charge is 0.178 e. The van der Waals surface area contributed by atoms with Crippen LogP contribution in [0, 0.1) is 16.7 Å². The Morgan fingerprint density at radius 3 is 2.52 bits per heavy atom. The number of benzene rings is 1. The third-order valence-electron chi connectivity index (χ3n) is 3.08. The maximum atomic E-state index is 12.2. The fraction of sp³-hybridized carbons (Fsp3) is 0.235. The van der Waals surface area contributed by atoms with Gasteiger partial charge in [-0.15, -0.1) is 0 Å². The van der Waals surface area contributed by atoms with Gasteiger partial charge in [-0.2, -0.15) is 10.4 Å². The minimum atomic E-state index is -0.585. The lowest BCUT2D eigenvalue weighted by atomic mass is 9.86. The zero-order valence-corrected chi connectivity index (χ0v) is 12.3. The van der Waals surface area contributed by atoms with E-state index in [-0.39, 0.29) is 11.4 Å². The second-order valence-electron chi connectivity index (χ2n) is 5.82. The van der Waals surface area contributed by atoms with Crippen LogP contribution in [0.5, 0.6) is 0 Å². The van der Waals surface area contributed by atoms with E-state index in [2.05, 4.69) is 10.2 Å². The lowest BCUT2D eigenvalue weighted by molar-refractivity contribution is -0.121. The predicted octanol–water partition coefficient (Wildman–Crippen LogP) is 3.60. The Morgan fingerprint density at radius 2 is 1.95 bits per heavy atom. The van der Waals surface area contributed by atoms with Crippen LogP contribution in [0.3, 0.4) is 0 Å². The van der Waals surface area contributed by atoms with E-state index in [0.29, 0.717) is 0 Å². The van der Waals surface area contributed by atoms with Crippen LogP contribution in [0.4, 0.5) is 0 Å². The molecular weight excluding hydrogens is 262 g/mol. The molecule has 0 bridgehead atoms. The highest BCUT2D eigenvalue weighted by Crippen LogP contribution is 2.25. The van der Waals surface area contributed by atoms with Gasteiger partial charge in [0.05, 0.1) is 17.5 Å². The molecule has 0 spiro atoms. The molecule has 106 valence electrons. The molecule has 1 heterocycles. The average Bonchev–Trinajstić information content (AvgIpc) is 2.92. The van der Waals surface area contributed by atoms with Crippen LogP contribution in [-0.2, 0) is 4.79 Å². The Labute approximate surface area is 124 Å². The number of nitriles is 1. The van der Waals surface area contributed by atoms with Crippen LogP contribution in [-0.4, -0.2) is 16.0 Å². The van der Waals surface area contributed by atoms with Gasteiger partial charge in [0, 0.05) is 16.5 Å². The van der Waals surface area contributed by atoms with Crippen LogP contribution in [0.15, 0.2) is 42.1 Å². The van der Waals surface area contributed by atoms with Gasteiger partial charge in [-0.3, -0.25) is 9.89 Å². The lowest BCUT2D eigenvalue weighted by Crippen LogP contribution is -2.21. The van der Waals surface area contributed by atoms with Crippen LogP contribution in [0.25, 0.3) is 17.3 Å². The van der Waals surface area contributed by atoms with E-state index < -0.39 is 5.41 Å². The summed E-state index contributed by atoms with van der Waals surface area (Å²) in [5, 5.41) is 16.2. The molecule has 0 radical (unpaired) electrons. The van der Waals surface area contributed by atoms with E-state index in [1.54, 1.807) is 33.0 Å². The molecule has 0 saturated carbocycles. The molecule has 0 aliphatic carbocycles. The molecule has 2 rings (SSSR count). The van der Waals surface area contributed by atoms with Gasteiger partial charge in [0.25, 0.3) is 0 Å². The highest BCUT2D eigenvalue weighted by atomic mass is 16.1. The summed E-state index contributed by atoms with van der Waals surface area (Å²) in [4.78, 5) is 12.2. The van der Waals surface area contributed by atoms with E-state index >= 15 is 0 Å². The molecule has 0 saturated heterocycles. The number of aromatic amines is 1. The van der Waals surface area contributed by atoms with Crippen molar-refractivity contribution in [2.75, 3.05) is 0 Å². The molecule has 1 N–H and O–H groups in total. The fourth-order valence-corrected chi connectivity index (χ4v) is 1.95. The number of H-pyrrole nitrogens is 1. The Bertz CT molecular complexity index is 712. The molecule has 4 nitrogen and oxygen atoms in total. The van der Waals surface area contributed by atoms with Gasteiger partial charge in [-0.1, -0.05) is 51.1 Å².